The van der Waals surface area contributed by atoms with Crippen molar-refractivity contribution in [2.75, 3.05) is 13.7 Å². The Labute approximate surface area is 183 Å². The maximum Gasteiger partial charge on any atom is 0.321 e. The molecule has 10 nitrogen and oxygen atoms in total. The number of benzene rings is 1. The second-order valence-electron chi connectivity index (χ2n) is 6.67. The van der Waals surface area contributed by atoms with Crippen LogP contribution in [0, 0.1) is 0 Å². The molecule has 0 aliphatic rings. The Morgan fingerprint density at radius 3 is 2.31 bits per heavy atom. The number of H-pyrrole nitrogens is 1. The maximum absolute atomic E-state index is 12.3. The Bertz CT molecular complexity index is 1200. The summed E-state index contributed by atoms with van der Waals surface area (Å²) in [4.78, 5) is 35.3. The summed E-state index contributed by atoms with van der Waals surface area (Å²) in [5.74, 6) is 0.643. The van der Waals surface area contributed by atoms with E-state index in [2.05, 4.69) is 29.9 Å². The molecule has 4 aromatic rings. The van der Waals surface area contributed by atoms with Gasteiger partial charge in [0.05, 0.1) is 13.7 Å². The summed E-state index contributed by atoms with van der Waals surface area (Å²) < 4.78 is 16.1. The van der Waals surface area contributed by atoms with E-state index < -0.39 is 0 Å². The fourth-order valence-corrected chi connectivity index (χ4v) is 2.80. The number of hydrogen-bond acceptors (Lipinski definition) is 9. The lowest BCUT2D eigenvalue weighted by atomic mass is 10.1. The molecule has 0 saturated carbocycles. The van der Waals surface area contributed by atoms with Gasteiger partial charge in [-0.15, -0.1) is 0 Å². The average Bonchev–Trinajstić information content (AvgIpc) is 2.83. The topological polar surface area (TPSA) is 125 Å². The van der Waals surface area contributed by atoms with Crippen LogP contribution in [0.1, 0.15) is 16.7 Å². The Morgan fingerprint density at radius 2 is 1.62 bits per heavy atom. The summed E-state index contributed by atoms with van der Waals surface area (Å²) in [6, 6.07) is 9.99. The van der Waals surface area contributed by atoms with Crippen molar-refractivity contribution in [1.29, 1.82) is 0 Å². The fraction of sp³-hybridized carbons (Fsp3) is 0.182. The van der Waals surface area contributed by atoms with Crippen LogP contribution in [0.3, 0.4) is 0 Å². The summed E-state index contributed by atoms with van der Waals surface area (Å²) in [7, 11) is 1.49. The van der Waals surface area contributed by atoms with Gasteiger partial charge in [0.2, 0.25) is 0 Å². The molecule has 1 aromatic carbocycles. The number of nitrogens with zero attached hydrogens (tertiary/aromatic N) is 5. The summed E-state index contributed by atoms with van der Waals surface area (Å²) in [6.45, 7) is 0.358. The fourth-order valence-electron chi connectivity index (χ4n) is 2.80. The van der Waals surface area contributed by atoms with Gasteiger partial charge in [-0.05, 0) is 29.3 Å². The first kappa shape index (κ1) is 20.9. The van der Waals surface area contributed by atoms with Crippen LogP contribution >= 0.6 is 0 Å². The predicted molar refractivity (Wildman–Crippen MR) is 114 cm³/mol. The Hall–Kier alpha value is -4.34. The van der Waals surface area contributed by atoms with Crippen molar-refractivity contribution in [3.05, 3.63) is 88.4 Å². The van der Waals surface area contributed by atoms with Gasteiger partial charge < -0.3 is 14.2 Å². The van der Waals surface area contributed by atoms with Gasteiger partial charge in [-0.1, -0.05) is 12.1 Å². The zero-order valence-electron chi connectivity index (χ0n) is 17.3. The van der Waals surface area contributed by atoms with Crippen LogP contribution in [0.2, 0.25) is 0 Å². The molecule has 10 heteroatoms. The van der Waals surface area contributed by atoms with Gasteiger partial charge in [0.25, 0.3) is 11.6 Å². The molecule has 0 fully saturated rings. The minimum Gasteiger partial charge on any atom is -0.467 e. The zero-order valence-corrected chi connectivity index (χ0v) is 17.3. The Balaban J connectivity index is 1.28. The van der Waals surface area contributed by atoms with E-state index >= 15 is 0 Å². The van der Waals surface area contributed by atoms with Crippen LogP contribution in [-0.4, -0.2) is 43.6 Å². The highest BCUT2D eigenvalue weighted by Crippen LogP contribution is 2.18. The highest BCUT2D eigenvalue weighted by molar-refractivity contribution is 5.29. The lowest BCUT2D eigenvalue weighted by Gasteiger charge is -2.07. The van der Waals surface area contributed by atoms with Crippen LogP contribution in [0.4, 0.5) is 0 Å². The zero-order chi connectivity index (χ0) is 22.2. The van der Waals surface area contributed by atoms with Crippen LogP contribution in [0.5, 0.6) is 23.8 Å². The molecule has 0 spiro atoms. The first-order chi connectivity index (χ1) is 15.7. The number of aromatic nitrogens is 6. The molecule has 4 rings (SSSR count). The Kier molecular flexibility index (Phi) is 6.61. The van der Waals surface area contributed by atoms with Crippen LogP contribution in [-0.2, 0) is 12.8 Å². The van der Waals surface area contributed by atoms with Crippen LogP contribution < -0.4 is 19.8 Å². The molecule has 0 aliphatic carbocycles. The van der Waals surface area contributed by atoms with Gasteiger partial charge in [0.15, 0.2) is 0 Å². The third-order valence-electron chi connectivity index (χ3n) is 4.41. The average molecular weight is 432 g/mol. The summed E-state index contributed by atoms with van der Waals surface area (Å²) in [5, 5.41) is 0. The smallest absolute Gasteiger partial charge is 0.321 e. The molecule has 0 bridgehead atoms. The minimum atomic E-state index is -0.268. The van der Waals surface area contributed by atoms with Gasteiger partial charge in [-0.25, -0.2) is 24.9 Å². The molecule has 32 heavy (non-hydrogen) atoms. The van der Waals surface area contributed by atoms with Gasteiger partial charge in [-0.2, -0.15) is 0 Å². The largest absolute Gasteiger partial charge is 0.467 e. The van der Waals surface area contributed by atoms with E-state index in [0.717, 1.165) is 11.1 Å². The maximum atomic E-state index is 12.3. The van der Waals surface area contributed by atoms with Gasteiger partial charge in [0, 0.05) is 49.4 Å². The van der Waals surface area contributed by atoms with E-state index in [9.17, 15) is 4.79 Å². The number of nitrogens with one attached hydrogen (secondary N) is 1. The number of aromatic amines is 1. The van der Waals surface area contributed by atoms with Crippen molar-refractivity contribution < 1.29 is 14.2 Å². The molecule has 0 aliphatic heterocycles. The van der Waals surface area contributed by atoms with E-state index in [4.69, 9.17) is 14.2 Å². The molecular weight excluding hydrogens is 412 g/mol. The number of methoxy groups -OCH3 is 1. The van der Waals surface area contributed by atoms with Crippen molar-refractivity contribution in [2.45, 2.75) is 12.8 Å². The molecule has 0 amide bonds. The summed E-state index contributed by atoms with van der Waals surface area (Å²) in [6.07, 6.45) is 8.94. The third-order valence-corrected chi connectivity index (χ3v) is 4.41. The second-order valence-corrected chi connectivity index (χ2v) is 6.67. The number of ether oxygens (including phenoxy) is 3. The molecule has 3 aromatic heterocycles. The van der Waals surface area contributed by atoms with Crippen molar-refractivity contribution >= 4 is 0 Å². The first-order valence-electron chi connectivity index (χ1n) is 9.79. The van der Waals surface area contributed by atoms with E-state index in [1.807, 2.05) is 24.3 Å². The minimum absolute atomic E-state index is 0.172. The van der Waals surface area contributed by atoms with Crippen LogP contribution in [0.25, 0.3) is 0 Å². The van der Waals surface area contributed by atoms with Crippen molar-refractivity contribution in [3.63, 3.8) is 0 Å². The quantitative estimate of drug-likeness (QED) is 0.424. The normalized spacial score (nSPS) is 10.5. The highest BCUT2D eigenvalue weighted by atomic mass is 16.5. The van der Waals surface area contributed by atoms with E-state index in [-0.39, 0.29) is 17.6 Å². The second kappa shape index (κ2) is 10.1. The third kappa shape index (κ3) is 5.63. The highest BCUT2D eigenvalue weighted by Gasteiger charge is 2.07. The Morgan fingerprint density at radius 1 is 0.875 bits per heavy atom. The first-order valence-corrected chi connectivity index (χ1v) is 9.79. The van der Waals surface area contributed by atoms with Gasteiger partial charge in [-0.3, -0.25) is 9.78 Å². The molecule has 162 valence electrons. The van der Waals surface area contributed by atoms with Gasteiger partial charge in [0.1, 0.15) is 5.75 Å². The lowest BCUT2D eigenvalue weighted by molar-refractivity contribution is 0.295. The molecule has 1 N–H and O–H groups in total. The summed E-state index contributed by atoms with van der Waals surface area (Å²) >= 11 is 0. The monoisotopic (exact) mass is 432 g/mol. The molecule has 0 radical (unpaired) electrons. The van der Waals surface area contributed by atoms with Crippen molar-refractivity contribution in [1.82, 2.24) is 29.9 Å². The molecular formula is C22H20N6O4. The van der Waals surface area contributed by atoms with E-state index in [1.165, 1.54) is 13.3 Å². The molecule has 0 unspecified atom stereocenters. The predicted octanol–water partition coefficient (Wildman–Crippen LogP) is 2.36. The van der Waals surface area contributed by atoms with E-state index in [1.54, 1.807) is 30.9 Å². The molecule has 3 heterocycles. The van der Waals surface area contributed by atoms with Crippen molar-refractivity contribution in [2.24, 2.45) is 0 Å². The van der Waals surface area contributed by atoms with Gasteiger partial charge >= 0.3 is 12.0 Å². The number of rotatable bonds is 9. The number of hydrogen-bond donors (Lipinski definition) is 1. The SMILES string of the molecule is COc1ncc(Cc2cnc(OCCc3ccc(Oc4ncccn4)cc3)[nH]c2=O)cn1. The lowest BCUT2D eigenvalue weighted by Crippen LogP contribution is -2.16. The standard InChI is InChI=1S/C22H20N6O4/c1-30-20-25-12-16(13-26-20)11-17-14-27-22(28-19(17)29)31-10-7-15-3-5-18(6-4-15)32-21-23-8-2-9-24-21/h2-6,8-9,12-14H,7,10-11H2,1H3,(H,27,28,29). The molecule has 0 atom stereocenters. The van der Waals surface area contributed by atoms with Crippen LogP contribution in [0.15, 0.2) is 66.1 Å². The van der Waals surface area contributed by atoms with E-state index in [0.29, 0.717) is 36.8 Å². The van der Waals surface area contributed by atoms with Crippen molar-refractivity contribution in [3.8, 4) is 23.8 Å². The molecule has 0 saturated heterocycles. The summed E-state index contributed by atoms with van der Waals surface area (Å²) in [5.41, 5.74) is 2.04.